The Morgan fingerprint density at radius 1 is 0.969 bits per heavy atom. The minimum Gasteiger partial charge on any atom is -0.352 e. The lowest BCUT2D eigenvalue weighted by Crippen LogP contribution is -2.46. The number of benzene rings is 1. The third-order valence-electron chi connectivity index (χ3n) is 6.82. The number of fused-ring (bicyclic) bond motifs is 3. The SMILES string of the molecule is O=C(NCCCN1CCN(Cc2ccccc2)CC1)C1=Cc2sc3c(c2CS1)CCCC3. The van der Waals surface area contributed by atoms with Crippen LogP contribution in [-0.4, -0.2) is 55.0 Å². The van der Waals surface area contributed by atoms with Crippen LogP contribution < -0.4 is 5.32 Å². The molecule has 170 valence electrons. The summed E-state index contributed by atoms with van der Waals surface area (Å²) in [4.78, 5) is 21.6. The summed E-state index contributed by atoms with van der Waals surface area (Å²) in [6.45, 7) is 7.35. The van der Waals surface area contributed by atoms with Crippen molar-refractivity contribution < 1.29 is 4.79 Å². The molecule has 0 spiro atoms. The van der Waals surface area contributed by atoms with Crippen LogP contribution in [-0.2, 0) is 29.9 Å². The normalized spacial score (nSPS) is 19.2. The van der Waals surface area contributed by atoms with Gasteiger partial charge in [0.1, 0.15) is 0 Å². The Morgan fingerprint density at radius 2 is 1.75 bits per heavy atom. The number of hydrogen-bond acceptors (Lipinski definition) is 5. The molecular weight excluding hydrogens is 434 g/mol. The van der Waals surface area contributed by atoms with Crippen LogP contribution in [0.25, 0.3) is 6.08 Å². The van der Waals surface area contributed by atoms with Crippen molar-refractivity contribution in [3.8, 4) is 0 Å². The Kier molecular flexibility index (Phi) is 7.32. The highest BCUT2D eigenvalue weighted by Gasteiger charge is 2.25. The predicted molar refractivity (Wildman–Crippen MR) is 136 cm³/mol. The summed E-state index contributed by atoms with van der Waals surface area (Å²) in [5.74, 6) is 1.08. The zero-order chi connectivity index (χ0) is 21.8. The number of thioether (sulfide) groups is 1. The maximum atomic E-state index is 12.7. The van der Waals surface area contributed by atoms with E-state index in [1.807, 2.05) is 11.3 Å². The lowest BCUT2D eigenvalue weighted by atomic mass is 9.95. The maximum Gasteiger partial charge on any atom is 0.257 e. The van der Waals surface area contributed by atoms with Crippen molar-refractivity contribution in [1.29, 1.82) is 0 Å². The van der Waals surface area contributed by atoms with Crippen molar-refractivity contribution >= 4 is 35.1 Å². The van der Waals surface area contributed by atoms with E-state index in [9.17, 15) is 4.79 Å². The summed E-state index contributed by atoms with van der Waals surface area (Å²) in [7, 11) is 0. The first-order valence-corrected chi connectivity index (χ1v) is 13.8. The molecule has 0 bridgehead atoms. The summed E-state index contributed by atoms with van der Waals surface area (Å²) in [6.07, 6.45) is 8.26. The average molecular weight is 468 g/mol. The summed E-state index contributed by atoms with van der Waals surface area (Å²) in [5, 5.41) is 3.17. The molecule has 1 amide bonds. The molecule has 5 rings (SSSR count). The first kappa shape index (κ1) is 22.2. The van der Waals surface area contributed by atoms with E-state index in [4.69, 9.17) is 0 Å². The van der Waals surface area contributed by atoms with Crippen molar-refractivity contribution in [1.82, 2.24) is 15.1 Å². The van der Waals surface area contributed by atoms with E-state index in [2.05, 4.69) is 51.5 Å². The van der Waals surface area contributed by atoms with Gasteiger partial charge in [0.25, 0.3) is 5.91 Å². The highest BCUT2D eigenvalue weighted by Crippen LogP contribution is 2.42. The van der Waals surface area contributed by atoms with Gasteiger partial charge in [-0.15, -0.1) is 23.1 Å². The van der Waals surface area contributed by atoms with Gasteiger partial charge < -0.3 is 10.2 Å². The maximum absolute atomic E-state index is 12.7. The fourth-order valence-electron chi connectivity index (χ4n) is 4.97. The summed E-state index contributed by atoms with van der Waals surface area (Å²) in [6, 6.07) is 10.7. The minimum absolute atomic E-state index is 0.111. The zero-order valence-corrected chi connectivity index (χ0v) is 20.4. The van der Waals surface area contributed by atoms with E-state index in [1.165, 1.54) is 41.7 Å². The molecule has 3 heterocycles. The van der Waals surface area contributed by atoms with Crippen LogP contribution in [0.1, 0.15) is 45.7 Å². The molecule has 1 N–H and O–H groups in total. The molecule has 1 aromatic carbocycles. The van der Waals surface area contributed by atoms with Gasteiger partial charge in [0.15, 0.2) is 0 Å². The number of aryl methyl sites for hydroxylation is 1. The molecule has 1 aromatic heterocycles. The lowest BCUT2D eigenvalue weighted by Gasteiger charge is -2.34. The average Bonchev–Trinajstić information content (AvgIpc) is 3.21. The summed E-state index contributed by atoms with van der Waals surface area (Å²) >= 11 is 3.64. The van der Waals surface area contributed by atoms with Gasteiger partial charge >= 0.3 is 0 Å². The van der Waals surface area contributed by atoms with Crippen LogP contribution in [0.15, 0.2) is 35.2 Å². The standard InChI is InChI=1S/C26H33N3OS2/c30-26(25-17-24-22(19-31-25)21-9-4-5-10-23(21)32-24)27-11-6-12-28-13-15-29(16-14-28)18-20-7-2-1-3-8-20/h1-3,7-8,17H,4-6,9-16,18-19H2,(H,27,30). The predicted octanol–water partition coefficient (Wildman–Crippen LogP) is 4.54. The number of carbonyl (C=O) groups excluding carboxylic acids is 1. The monoisotopic (exact) mass is 467 g/mol. The number of carbonyl (C=O) groups is 1. The van der Waals surface area contributed by atoms with E-state index in [-0.39, 0.29) is 5.91 Å². The first-order chi connectivity index (χ1) is 15.8. The van der Waals surface area contributed by atoms with Crippen LogP contribution in [0.5, 0.6) is 0 Å². The quantitative estimate of drug-likeness (QED) is 0.607. The summed E-state index contributed by atoms with van der Waals surface area (Å²) < 4.78 is 0. The van der Waals surface area contributed by atoms with Gasteiger partial charge in [-0.25, -0.2) is 0 Å². The Balaban J connectivity index is 1.03. The van der Waals surface area contributed by atoms with E-state index >= 15 is 0 Å². The third-order valence-corrected chi connectivity index (χ3v) is 9.15. The largest absolute Gasteiger partial charge is 0.352 e. The molecule has 0 atom stereocenters. The van der Waals surface area contributed by atoms with Crippen LogP contribution in [0.3, 0.4) is 0 Å². The van der Waals surface area contributed by atoms with Crippen molar-refractivity contribution in [3.63, 3.8) is 0 Å². The Morgan fingerprint density at radius 3 is 2.59 bits per heavy atom. The minimum atomic E-state index is 0.111. The molecule has 32 heavy (non-hydrogen) atoms. The Labute approximate surface area is 200 Å². The molecular formula is C26H33N3OS2. The van der Waals surface area contributed by atoms with Crippen LogP contribution in [0.2, 0.25) is 0 Å². The van der Waals surface area contributed by atoms with Gasteiger partial charge in [0.05, 0.1) is 4.91 Å². The molecule has 2 aliphatic heterocycles. The number of hydrogen-bond donors (Lipinski definition) is 1. The molecule has 4 nitrogen and oxygen atoms in total. The van der Waals surface area contributed by atoms with Crippen molar-refractivity contribution in [2.45, 2.75) is 44.4 Å². The summed E-state index contributed by atoms with van der Waals surface area (Å²) in [5.41, 5.74) is 4.51. The van der Waals surface area contributed by atoms with Gasteiger partial charge in [-0.3, -0.25) is 9.69 Å². The molecule has 1 fully saturated rings. The molecule has 1 aliphatic carbocycles. The lowest BCUT2D eigenvalue weighted by molar-refractivity contribution is -0.116. The van der Waals surface area contributed by atoms with Gasteiger partial charge in [-0.2, -0.15) is 0 Å². The number of rotatable bonds is 7. The zero-order valence-electron chi connectivity index (χ0n) is 18.8. The van der Waals surface area contributed by atoms with Crippen molar-refractivity contribution in [2.75, 3.05) is 39.3 Å². The molecule has 0 radical (unpaired) electrons. The van der Waals surface area contributed by atoms with E-state index in [0.717, 1.165) is 62.9 Å². The van der Waals surface area contributed by atoms with Crippen molar-refractivity contribution in [2.24, 2.45) is 0 Å². The second-order valence-electron chi connectivity index (χ2n) is 9.06. The van der Waals surface area contributed by atoms with Crippen LogP contribution in [0, 0.1) is 0 Å². The second-order valence-corrected chi connectivity index (χ2v) is 11.2. The number of amides is 1. The molecule has 3 aliphatic rings. The van der Waals surface area contributed by atoms with E-state index < -0.39 is 0 Å². The number of piperazine rings is 1. The van der Waals surface area contributed by atoms with Gasteiger partial charge in [-0.05, 0) is 61.4 Å². The molecule has 6 heteroatoms. The second kappa shape index (κ2) is 10.6. The van der Waals surface area contributed by atoms with Crippen LogP contribution in [0.4, 0.5) is 0 Å². The molecule has 0 saturated carbocycles. The van der Waals surface area contributed by atoms with Gasteiger partial charge in [-0.1, -0.05) is 30.3 Å². The van der Waals surface area contributed by atoms with E-state index in [1.54, 1.807) is 22.2 Å². The first-order valence-electron chi connectivity index (χ1n) is 12.0. The fraction of sp³-hybridized carbons (Fsp3) is 0.500. The van der Waals surface area contributed by atoms with E-state index in [0.29, 0.717) is 0 Å². The number of nitrogens with zero attached hydrogens (tertiary/aromatic N) is 2. The number of nitrogens with one attached hydrogen (secondary N) is 1. The van der Waals surface area contributed by atoms with Crippen LogP contribution >= 0.6 is 23.1 Å². The number of thiophene rings is 1. The van der Waals surface area contributed by atoms with Crippen molar-refractivity contribution in [3.05, 3.63) is 61.7 Å². The molecule has 1 saturated heterocycles. The highest BCUT2D eigenvalue weighted by atomic mass is 32.2. The smallest absolute Gasteiger partial charge is 0.257 e. The Bertz CT molecular complexity index is 961. The topological polar surface area (TPSA) is 35.6 Å². The third kappa shape index (κ3) is 5.30. The Hall–Kier alpha value is -1.60. The highest BCUT2D eigenvalue weighted by molar-refractivity contribution is 8.03. The molecule has 2 aromatic rings. The van der Waals surface area contributed by atoms with Gasteiger partial charge in [0, 0.05) is 54.8 Å². The van der Waals surface area contributed by atoms with Gasteiger partial charge in [0.2, 0.25) is 0 Å². The molecule has 0 unspecified atom stereocenters. The fourth-order valence-corrected chi connectivity index (χ4v) is 7.53.